The first-order valence-electron chi connectivity index (χ1n) is 9.68. The summed E-state index contributed by atoms with van der Waals surface area (Å²) in [4.78, 5) is 23.4. The molecule has 0 atom stereocenters. The van der Waals surface area contributed by atoms with Gasteiger partial charge in [0.1, 0.15) is 6.20 Å². The number of carbonyl (C=O) groups is 1. The van der Waals surface area contributed by atoms with Crippen LogP contribution >= 0.6 is 11.6 Å². The van der Waals surface area contributed by atoms with Crippen LogP contribution in [-0.4, -0.2) is 15.3 Å². The summed E-state index contributed by atoms with van der Waals surface area (Å²) in [6.07, 6.45) is 6.24. The van der Waals surface area contributed by atoms with Gasteiger partial charge in [-0.2, -0.15) is 0 Å². The van der Waals surface area contributed by atoms with Crippen LogP contribution < -0.4 is 4.57 Å². The Labute approximate surface area is 173 Å². The number of nitrogens with zero attached hydrogens (tertiary/aromatic N) is 3. The molecule has 0 bridgehead atoms. The van der Waals surface area contributed by atoms with Crippen LogP contribution in [0.1, 0.15) is 35.4 Å². The van der Waals surface area contributed by atoms with Gasteiger partial charge in [0.2, 0.25) is 5.78 Å². The molecule has 0 radical (unpaired) electrons. The summed E-state index contributed by atoms with van der Waals surface area (Å²) < 4.78 is 4.29. The van der Waals surface area contributed by atoms with Gasteiger partial charge in [0.15, 0.2) is 12.2 Å². The summed E-state index contributed by atoms with van der Waals surface area (Å²) in [7, 11) is 0. The van der Waals surface area contributed by atoms with E-state index in [4.69, 9.17) is 11.6 Å². The summed E-state index contributed by atoms with van der Waals surface area (Å²) in [6, 6.07) is 13.6. The average Bonchev–Trinajstić information content (AvgIpc) is 2.89. The highest BCUT2D eigenvalue weighted by Crippen LogP contribution is 2.25. The minimum absolute atomic E-state index is 0.0709. The minimum Gasteiger partial charge on any atom is -0.290 e. The van der Waals surface area contributed by atoms with Crippen molar-refractivity contribution in [2.75, 3.05) is 0 Å². The van der Waals surface area contributed by atoms with Crippen LogP contribution in [0.15, 0.2) is 54.7 Å². The highest BCUT2D eigenvalue weighted by molar-refractivity contribution is 6.30. The van der Waals surface area contributed by atoms with Gasteiger partial charge in [-0.25, -0.2) is 9.13 Å². The van der Waals surface area contributed by atoms with Crippen molar-refractivity contribution < 1.29 is 14.3 Å². The SMILES string of the molecule is O=C(C[n+]1cc(-c2ccc(Cl)cc2)n2c1CCCCC2)c1cccc([N+](=O)[O-])c1. The lowest BCUT2D eigenvalue weighted by molar-refractivity contribution is -0.690. The molecule has 0 saturated heterocycles. The van der Waals surface area contributed by atoms with E-state index in [1.165, 1.54) is 12.1 Å². The van der Waals surface area contributed by atoms with Gasteiger partial charge in [0.25, 0.3) is 11.5 Å². The summed E-state index contributed by atoms with van der Waals surface area (Å²) in [5, 5.41) is 11.7. The minimum atomic E-state index is -0.479. The molecule has 0 N–H and O–H groups in total. The Morgan fingerprint density at radius 2 is 1.93 bits per heavy atom. The van der Waals surface area contributed by atoms with Gasteiger partial charge in [-0.3, -0.25) is 14.9 Å². The number of nitro groups is 1. The van der Waals surface area contributed by atoms with E-state index in [9.17, 15) is 14.9 Å². The normalized spacial score (nSPS) is 13.6. The largest absolute Gasteiger partial charge is 0.290 e. The first-order chi connectivity index (χ1) is 14.0. The monoisotopic (exact) mass is 410 g/mol. The number of Topliss-reactive ketones (excluding diaryl/α,β-unsaturated/α-hetero) is 1. The van der Waals surface area contributed by atoms with Crippen LogP contribution in [-0.2, 0) is 19.5 Å². The maximum Gasteiger partial charge on any atom is 0.270 e. The van der Waals surface area contributed by atoms with E-state index >= 15 is 0 Å². The van der Waals surface area contributed by atoms with Crippen molar-refractivity contribution in [2.24, 2.45) is 0 Å². The van der Waals surface area contributed by atoms with E-state index in [1.54, 1.807) is 12.1 Å². The molecule has 0 spiro atoms. The fourth-order valence-corrected chi connectivity index (χ4v) is 4.00. The third kappa shape index (κ3) is 4.07. The fourth-order valence-electron chi connectivity index (χ4n) is 3.87. The molecule has 1 aromatic heterocycles. The molecule has 3 aromatic rings. The Morgan fingerprint density at radius 3 is 2.69 bits per heavy atom. The van der Waals surface area contributed by atoms with E-state index in [-0.39, 0.29) is 18.0 Å². The predicted octanol–water partition coefficient (Wildman–Crippen LogP) is 4.61. The van der Waals surface area contributed by atoms with E-state index in [2.05, 4.69) is 4.57 Å². The first-order valence-corrected chi connectivity index (χ1v) is 10.1. The van der Waals surface area contributed by atoms with E-state index in [0.29, 0.717) is 10.6 Å². The van der Waals surface area contributed by atoms with Crippen molar-refractivity contribution in [3.05, 3.63) is 81.3 Å². The zero-order valence-electron chi connectivity index (χ0n) is 15.9. The Hall–Kier alpha value is -2.99. The zero-order valence-corrected chi connectivity index (χ0v) is 16.6. The lowest BCUT2D eigenvalue weighted by atomic mass is 10.1. The molecule has 4 rings (SSSR count). The molecule has 29 heavy (non-hydrogen) atoms. The maximum atomic E-state index is 12.9. The molecular formula is C22H21ClN3O3+. The third-order valence-electron chi connectivity index (χ3n) is 5.33. The van der Waals surface area contributed by atoms with Crippen molar-refractivity contribution >= 4 is 23.1 Å². The Kier molecular flexibility index (Phi) is 5.45. The topological polar surface area (TPSA) is 69.0 Å². The number of nitro benzene ring substituents is 1. The maximum absolute atomic E-state index is 12.9. The van der Waals surface area contributed by atoms with Crippen LogP contribution in [0.2, 0.25) is 5.02 Å². The number of aromatic nitrogens is 2. The summed E-state index contributed by atoms with van der Waals surface area (Å²) >= 11 is 6.04. The summed E-state index contributed by atoms with van der Waals surface area (Å²) in [5.41, 5.74) is 2.40. The van der Waals surface area contributed by atoms with Gasteiger partial charge in [-0.05, 0) is 43.5 Å². The lowest BCUT2D eigenvalue weighted by Gasteiger charge is -2.03. The van der Waals surface area contributed by atoms with E-state index in [0.717, 1.165) is 49.3 Å². The van der Waals surface area contributed by atoms with Gasteiger partial charge in [0, 0.05) is 34.7 Å². The highest BCUT2D eigenvalue weighted by atomic mass is 35.5. The Balaban J connectivity index is 1.70. The second kappa shape index (κ2) is 8.17. The Bertz CT molecular complexity index is 1070. The number of carbonyl (C=O) groups excluding carboxylic acids is 1. The van der Waals surface area contributed by atoms with Crippen molar-refractivity contribution in [2.45, 2.75) is 38.8 Å². The summed E-state index contributed by atoms with van der Waals surface area (Å²) in [5.74, 6) is 0.977. The van der Waals surface area contributed by atoms with Crippen LogP contribution in [0.5, 0.6) is 0 Å². The van der Waals surface area contributed by atoms with Crippen LogP contribution in [0.25, 0.3) is 11.3 Å². The molecule has 0 saturated carbocycles. The zero-order chi connectivity index (χ0) is 20.4. The number of hydrogen-bond donors (Lipinski definition) is 0. The van der Waals surface area contributed by atoms with Gasteiger partial charge in [-0.15, -0.1) is 0 Å². The van der Waals surface area contributed by atoms with Crippen molar-refractivity contribution in [3.8, 4) is 11.3 Å². The standard InChI is InChI=1S/C22H21ClN3O3/c23-18-10-8-16(9-11-18)20-14-24(22-7-2-1-3-12-25(20)22)15-21(27)17-5-4-6-19(13-17)26(28)29/h4-6,8-11,13-14H,1-3,7,12,15H2/q+1. The number of halogens is 1. The van der Waals surface area contributed by atoms with Crippen LogP contribution in [0.4, 0.5) is 5.69 Å². The molecule has 2 aromatic carbocycles. The molecule has 0 aliphatic carbocycles. The van der Waals surface area contributed by atoms with Crippen LogP contribution in [0, 0.1) is 10.1 Å². The third-order valence-corrected chi connectivity index (χ3v) is 5.58. The van der Waals surface area contributed by atoms with Gasteiger partial charge < -0.3 is 0 Å². The molecule has 1 aliphatic rings. The van der Waals surface area contributed by atoms with Crippen molar-refractivity contribution in [1.29, 1.82) is 0 Å². The number of benzene rings is 2. The summed E-state index contributed by atoms with van der Waals surface area (Å²) in [6.45, 7) is 1.06. The Morgan fingerprint density at radius 1 is 1.14 bits per heavy atom. The number of fused-ring (bicyclic) bond motifs is 1. The number of imidazole rings is 1. The quantitative estimate of drug-likeness (QED) is 0.267. The molecule has 2 heterocycles. The van der Waals surface area contributed by atoms with Crippen molar-refractivity contribution in [3.63, 3.8) is 0 Å². The number of rotatable bonds is 5. The lowest BCUT2D eigenvalue weighted by Crippen LogP contribution is -2.40. The fraction of sp³-hybridized carbons (Fsp3) is 0.273. The highest BCUT2D eigenvalue weighted by Gasteiger charge is 2.27. The van der Waals surface area contributed by atoms with Crippen molar-refractivity contribution in [1.82, 2.24) is 4.57 Å². The van der Waals surface area contributed by atoms with Gasteiger partial charge >= 0.3 is 0 Å². The molecule has 1 aliphatic heterocycles. The number of non-ortho nitro benzene ring substituents is 1. The molecule has 148 valence electrons. The van der Waals surface area contributed by atoms with E-state index in [1.807, 2.05) is 35.0 Å². The molecule has 7 heteroatoms. The second-order valence-corrected chi connectivity index (χ2v) is 7.69. The van der Waals surface area contributed by atoms with Gasteiger partial charge in [-0.1, -0.05) is 23.7 Å². The van der Waals surface area contributed by atoms with Gasteiger partial charge in [0.05, 0.1) is 11.5 Å². The number of ketones is 1. The first kappa shape index (κ1) is 19.3. The van der Waals surface area contributed by atoms with Crippen LogP contribution in [0.3, 0.4) is 0 Å². The smallest absolute Gasteiger partial charge is 0.270 e. The molecular weight excluding hydrogens is 390 g/mol. The molecule has 6 nitrogen and oxygen atoms in total. The number of hydrogen-bond acceptors (Lipinski definition) is 3. The predicted molar refractivity (Wildman–Crippen MR) is 110 cm³/mol. The molecule has 0 amide bonds. The van der Waals surface area contributed by atoms with E-state index < -0.39 is 4.92 Å². The average molecular weight is 411 g/mol. The molecule has 0 fully saturated rings. The molecule has 0 unspecified atom stereocenters. The second-order valence-electron chi connectivity index (χ2n) is 7.26.